The van der Waals surface area contributed by atoms with Gasteiger partial charge in [-0.25, -0.2) is 0 Å². The lowest BCUT2D eigenvalue weighted by atomic mass is 9.70. The molecule has 0 atom stereocenters. The summed E-state index contributed by atoms with van der Waals surface area (Å²) in [5, 5.41) is 3.26. The second kappa shape index (κ2) is 14.4. The Balaban J connectivity index is 1.52. The summed E-state index contributed by atoms with van der Waals surface area (Å²) >= 11 is 6.40. The lowest BCUT2D eigenvalue weighted by Crippen LogP contribution is -2.42. The van der Waals surface area contributed by atoms with Gasteiger partial charge >= 0.3 is 12.1 Å². The quantitative estimate of drug-likeness (QED) is 0.127. The van der Waals surface area contributed by atoms with E-state index in [-0.39, 0.29) is 23.8 Å². The van der Waals surface area contributed by atoms with Crippen LogP contribution in [-0.2, 0) is 34.0 Å². The van der Waals surface area contributed by atoms with Crippen molar-refractivity contribution in [3.05, 3.63) is 136 Å². The van der Waals surface area contributed by atoms with E-state index in [2.05, 4.69) is 5.32 Å². The maximum atomic E-state index is 13.7. The van der Waals surface area contributed by atoms with Crippen molar-refractivity contribution in [1.29, 1.82) is 0 Å². The summed E-state index contributed by atoms with van der Waals surface area (Å²) in [6, 6.07) is 31.0. The predicted octanol–water partition coefficient (Wildman–Crippen LogP) is 7.66. The minimum absolute atomic E-state index is 0.173. The number of carbonyl (C=O) groups is 1. The second-order valence-electron chi connectivity index (χ2n) is 10.0. The fourth-order valence-electron chi connectivity index (χ4n) is 5.09. The molecule has 0 bridgehead atoms. The molecule has 0 amide bonds. The summed E-state index contributed by atoms with van der Waals surface area (Å²) in [5.74, 6) is 0.349. The topological polar surface area (TPSA) is 47.6 Å². The molecular weight excluding hydrogens is 563 g/mol. The highest BCUT2D eigenvalue weighted by Crippen LogP contribution is 2.41. The van der Waals surface area contributed by atoms with E-state index in [1.807, 2.05) is 84.9 Å². The van der Waals surface area contributed by atoms with Gasteiger partial charge in [-0.15, -0.1) is 0 Å². The van der Waals surface area contributed by atoms with Gasteiger partial charge in [-0.3, -0.25) is 4.79 Å². The van der Waals surface area contributed by atoms with Gasteiger partial charge < -0.3 is 14.8 Å². The van der Waals surface area contributed by atoms with Crippen LogP contribution in [0.1, 0.15) is 34.2 Å². The standard InChI is InChI=1S/C34H33ClF3NO3/c1-41-31(40)22-25-11-8-17-29(21-25)42-20-10-19-39-24-33(27-13-4-2-5-14-27,28-15-6-3-7-16-28)23-26-12-9-18-30(32(26)35)34(36,37)38/h2-9,11-18,21,39H,10,19-20,22-24H2,1H3. The van der Waals surface area contributed by atoms with E-state index >= 15 is 0 Å². The number of hydrogen-bond acceptors (Lipinski definition) is 4. The zero-order valence-electron chi connectivity index (χ0n) is 23.3. The lowest BCUT2D eigenvalue weighted by Gasteiger charge is -2.36. The Morgan fingerprint density at radius 1 is 0.857 bits per heavy atom. The fraction of sp³-hybridized carbons (Fsp3) is 0.265. The van der Waals surface area contributed by atoms with Crippen molar-refractivity contribution in [1.82, 2.24) is 5.32 Å². The van der Waals surface area contributed by atoms with Crippen LogP contribution in [0.5, 0.6) is 5.75 Å². The molecule has 0 fully saturated rings. The van der Waals surface area contributed by atoms with Crippen LogP contribution in [0.2, 0.25) is 5.02 Å². The summed E-state index contributed by atoms with van der Waals surface area (Å²) in [5.41, 5.74) is 1.64. The molecule has 4 nitrogen and oxygen atoms in total. The number of esters is 1. The Morgan fingerprint density at radius 2 is 1.50 bits per heavy atom. The van der Waals surface area contributed by atoms with E-state index in [4.69, 9.17) is 21.1 Å². The predicted molar refractivity (Wildman–Crippen MR) is 159 cm³/mol. The molecule has 0 aliphatic carbocycles. The highest BCUT2D eigenvalue weighted by atomic mass is 35.5. The number of benzene rings is 4. The molecule has 1 N–H and O–H groups in total. The minimum atomic E-state index is -4.55. The average molecular weight is 596 g/mol. The zero-order chi connectivity index (χ0) is 30.0. The van der Waals surface area contributed by atoms with Gasteiger partial charge in [0.15, 0.2) is 0 Å². The largest absolute Gasteiger partial charge is 0.494 e. The number of nitrogens with one attached hydrogen (secondary N) is 1. The van der Waals surface area contributed by atoms with E-state index < -0.39 is 17.2 Å². The molecule has 0 saturated carbocycles. The second-order valence-corrected chi connectivity index (χ2v) is 10.4. The smallest absolute Gasteiger partial charge is 0.417 e. The van der Waals surface area contributed by atoms with Crippen LogP contribution in [0.3, 0.4) is 0 Å². The van der Waals surface area contributed by atoms with E-state index in [1.54, 1.807) is 6.07 Å². The molecule has 4 aromatic rings. The zero-order valence-corrected chi connectivity index (χ0v) is 24.1. The molecule has 42 heavy (non-hydrogen) atoms. The van der Waals surface area contributed by atoms with E-state index in [9.17, 15) is 18.0 Å². The van der Waals surface area contributed by atoms with Crippen LogP contribution in [-0.4, -0.2) is 32.8 Å². The summed E-state index contributed by atoms with van der Waals surface area (Å²) in [6.45, 7) is 1.51. The third-order valence-electron chi connectivity index (χ3n) is 7.20. The molecule has 8 heteroatoms. The van der Waals surface area contributed by atoms with Crippen LogP contribution in [0.15, 0.2) is 103 Å². The van der Waals surface area contributed by atoms with Crippen molar-refractivity contribution < 1.29 is 27.4 Å². The first-order valence-electron chi connectivity index (χ1n) is 13.7. The maximum absolute atomic E-state index is 13.7. The van der Waals surface area contributed by atoms with Crippen LogP contribution >= 0.6 is 11.6 Å². The van der Waals surface area contributed by atoms with Gasteiger partial charge in [0.25, 0.3) is 0 Å². The molecule has 0 heterocycles. The Bertz CT molecular complexity index is 1410. The Hall–Kier alpha value is -3.81. The molecular formula is C34H33ClF3NO3. The summed E-state index contributed by atoms with van der Waals surface area (Å²) in [4.78, 5) is 11.6. The first-order valence-corrected chi connectivity index (χ1v) is 14.1. The molecule has 0 aliphatic rings. The molecule has 0 spiro atoms. The average Bonchev–Trinajstić information content (AvgIpc) is 2.99. The van der Waals surface area contributed by atoms with Crippen molar-refractivity contribution >= 4 is 17.6 Å². The monoisotopic (exact) mass is 595 g/mol. The van der Waals surface area contributed by atoms with Gasteiger partial charge in [0, 0.05) is 12.0 Å². The van der Waals surface area contributed by atoms with Crippen molar-refractivity contribution in [2.75, 3.05) is 26.8 Å². The number of alkyl halides is 3. The van der Waals surface area contributed by atoms with Crippen molar-refractivity contribution in [2.24, 2.45) is 0 Å². The molecule has 0 saturated heterocycles. The normalized spacial score (nSPS) is 11.7. The highest BCUT2D eigenvalue weighted by Gasteiger charge is 2.38. The first-order chi connectivity index (χ1) is 20.2. The molecule has 4 rings (SSSR count). The van der Waals surface area contributed by atoms with Crippen LogP contribution in [0, 0.1) is 0 Å². The number of methoxy groups -OCH3 is 1. The van der Waals surface area contributed by atoms with E-state index in [0.717, 1.165) is 22.8 Å². The van der Waals surface area contributed by atoms with Gasteiger partial charge in [-0.2, -0.15) is 13.2 Å². The maximum Gasteiger partial charge on any atom is 0.417 e. The van der Waals surface area contributed by atoms with Gasteiger partial charge in [-0.05, 0) is 59.8 Å². The highest BCUT2D eigenvalue weighted by molar-refractivity contribution is 6.32. The molecule has 220 valence electrons. The van der Waals surface area contributed by atoms with E-state index in [1.165, 1.54) is 13.2 Å². The molecule has 0 radical (unpaired) electrons. The lowest BCUT2D eigenvalue weighted by molar-refractivity contribution is -0.140. The Labute approximate surface area is 249 Å². The van der Waals surface area contributed by atoms with Gasteiger partial charge in [-0.1, -0.05) is 96.5 Å². The first kappa shape index (κ1) is 31.1. The van der Waals surface area contributed by atoms with Crippen LogP contribution in [0.4, 0.5) is 13.2 Å². The number of halogens is 4. The Kier molecular flexibility index (Phi) is 10.7. The SMILES string of the molecule is COC(=O)Cc1cccc(OCCCNCC(Cc2cccc(C(F)(F)F)c2Cl)(c2ccccc2)c2ccccc2)c1. The number of ether oxygens (including phenoxy) is 2. The Morgan fingerprint density at radius 3 is 2.12 bits per heavy atom. The van der Waals surface area contributed by atoms with E-state index in [0.29, 0.717) is 37.4 Å². The van der Waals surface area contributed by atoms with Crippen molar-refractivity contribution in [3.63, 3.8) is 0 Å². The number of rotatable bonds is 13. The van der Waals surface area contributed by atoms with Crippen molar-refractivity contribution in [3.8, 4) is 5.75 Å². The van der Waals surface area contributed by atoms with Crippen LogP contribution in [0.25, 0.3) is 0 Å². The third-order valence-corrected chi connectivity index (χ3v) is 7.64. The van der Waals surface area contributed by atoms with Gasteiger partial charge in [0.2, 0.25) is 0 Å². The summed E-state index contributed by atoms with van der Waals surface area (Å²) in [7, 11) is 1.36. The molecule has 0 aromatic heterocycles. The summed E-state index contributed by atoms with van der Waals surface area (Å²) < 4.78 is 51.8. The molecule has 4 aromatic carbocycles. The summed E-state index contributed by atoms with van der Waals surface area (Å²) in [6.07, 6.45) is -3.43. The minimum Gasteiger partial charge on any atom is -0.494 e. The molecule has 0 aliphatic heterocycles. The number of carbonyl (C=O) groups excluding carboxylic acids is 1. The van der Waals surface area contributed by atoms with Crippen LogP contribution < -0.4 is 10.1 Å². The third kappa shape index (κ3) is 7.93. The van der Waals surface area contributed by atoms with Gasteiger partial charge in [0.05, 0.1) is 30.7 Å². The van der Waals surface area contributed by atoms with Gasteiger partial charge in [0.1, 0.15) is 5.75 Å². The molecule has 0 unspecified atom stereocenters. The number of hydrogen-bond donors (Lipinski definition) is 1. The van der Waals surface area contributed by atoms with Crippen molar-refractivity contribution in [2.45, 2.75) is 30.9 Å². The fourth-order valence-corrected chi connectivity index (χ4v) is 5.39.